The van der Waals surface area contributed by atoms with Gasteiger partial charge in [0.05, 0.1) is 18.2 Å². The average molecular weight is 185 g/mol. The molecule has 0 saturated carbocycles. The van der Waals surface area contributed by atoms with Crippen LogP contribution in [-0.2, 0) is 11.8 Å². The zero-order chi connectivity index (χ0) is 10.0. The van der Waals surface area contributed by atoms with Gasteiger partial charge in [-0.05, 0) is 0 Å². The summed E-state index contributed by atoms with van der Waals surface area (Å²) < 4.78 is 1.50. The van der Waals surface area contributed by atoms with Crippen LogP contribution in [0.5, 0.6) is 0 Å². The molecule has 1 amide bonds. The van der Waals surface area contributed by atoms with Gasteiger partial charge in [-0.25, -0.2) is 4.98 Å². The Morgan fingerprint density at radius 1 is 1.69 bits per heavy atom. The number of carbonyl (C=O) groups excluding carboxylic acids is 1. The molecule has 6 heteroatoms. The molecule has 0 saturated heterocycles. The molecule has 0 bridgehead atoms. The van der Waals surface area contributed by atoms with Crippen molar-refractivity contribution in [2.75, 3.05) is 0 Å². The van der Waals surface area contributed by atoms with E-state index in [4.69, 9.17) is 10.8 Å². The maximum atomic E-state index is 10.5. The third kappa shape index (κ3) is 1.85. The predicted molar refractivity (Wildman–Crippen MR) is 43.4 cm³/mol. The Bertz CT molecular complexity index is 310. The van der Waals surface area contributed by atoms with Gasteiger partial charge < -0.3 is 20.5 Å². The van der Waals surface area contributed by atoms with Gasteiger partial charge in [0.25, 0.3) is 0 Å². The van der Waals surface area contributed by atoms with Crippen LogP contribution < -0.4 is 5.73 Å². The van der Waals surface area contributed by atoms with Crippen molar-refractivity contribution >= 4 is 5.91 Å². The fourth-order valence-corrected chi connectivity index (χ4v) is 0.970. The first kappa shape index (κ1) is 9.69. The summed E-state index contributed by atoms with van der Waals surface area (Å²) in [5.41, 5.74) is 5.15. The molecule has 0 spiro atoms. The van der Waals surface area contributed by atoms with E-state index in [1.165, 1.54) is 17.1 Å². The van der Waals surface area contributed by atoms with E-state index in [-0.39, 0.29) is 0 Å². The van der Waals surface area contributed by atoms with Gasteiger partial charge in [-0.3, -0.25) is 4.79 Å². The molecule has 13 heavy (non-hydrogen) atoms. The van der Waals surface area contributed by atoms with E-state index >= 15 is 0 Å². The summed E-state index contributed by atoms with van der Waals surface area (Å²) in [4.78, 5) is 14.3. The first-order chi connectivity index (χ1) is 6.04. The van der Waals surface area contributed by atoms with E-state index in [1.54, 1.807) is 7.05 Å². The summed E-state index contributed by atoms with van der Waals surface area (Å²) in [6.07, 6.45) is -0.122. The monoisotopic (exact) mass is 185 g/mol. The van der Waals surface area contributed by atoms with Crippen LogP contribution >= 0.6 is 0 Å². The van der Waals surface area contributed by atoms with Crippen molar-refractivity contribution in [1.29, 1.82) is 0 Å². The zero-order valence-electron chi connectivity index (χ0n) is 7.08. The van der Waals surface area contributed by atoms with E-state index in [0.717, 1.165) is 0 Å². The summed E-state index contributed by atoms with van der Waals surface area (Å²) in [7, 11) is 1.64. The van der Waals surface area contributed by atoms with Crippen LogP contribution in [0.3, 0.4) is 0 Å². The lowest BCUT2D eigenvalue weighted by molar-refractivity contribution is -0.132. The Kier molecular flexibility index (Phi) is 2.64. The van der Waals surface area contributed by atoms with Gasteiger partial charge in [-0.2, -0.15) is 0 Å². The summed E-state index contributed by atoms with van der Waals surface area (Å²) in [6.45, 7) is 0. The minimum atomic E-state index is -1.60. The summed E-state index contributed by atoms with van der Waals surface area (Å²) in [5, 5.41) is 18.5. The summed E-state index contributed by atoms with van der Waals surface area (Å²) in [6, 6.07) is 0. The molecule has 0 aliphatic carbocycles. The minimum absolute atomic E-state index is 0.339. The molecule has 0 aliphatic heterocycles. The quantitative estimate of drug-likeness (QED) is 0.522. The van der Waals surface area contributed by atoms with Crippen molar-refractivity contribution < 1.29 is 15.0 Å². The van der Waals surface area contributed by atoms with E-state index in [0.29, 0.717) is 5.69 Å². The van der Waals surface area contributed by atoms with Crippen molar-refractivity contribution in [3.05, 3.63) is 18.2 Å². The molecule has 1 heterocycles. The molecular formula is C7H11N3O3. The van der Waals surface area contributed by atoms with Gasteiger partial charge in [0.2, 0.25) is 5.91 Å². The van der Waals surface area contributed by atoms with Crippen LogP contribution in [0.4, 0.5) is 0 Å². The Labute approximate surface area is 74.6 Å². The minimum Gasteiger partial charge on any atom is -0.384 e. The van der Waals surface area contributed by atoms with Crippen LogP contribution in [0.2, 0.25) is 0 Å². The second-order valence-electron chi connectivity index (χ2n) is 2.72. The van der Waals surface area contributed by atoms with Crippen LogP contribution in [-0.4, -0.2) is 31.8 Å². The van der Waals surface area contributed by atoms with E-state index in [9.17, 15) is 9.90 Å². The molecule has 2 unspecified atom stereocenters. The molecule has 0 radical (unpaired) electrons. The molecule has 0 aliphatic rings. The van der Waals surface area contributed by atoms with Crippen LogP contribution in [0.25, 0.3) is 0 Å². The van der Waals surface area contributed by atoms with Gasteiger partial charge in [0.15, 0.2) is 6.10 Å². The topological polar surface area (TPSA) is 101 Å². The number of nitrogens with two attached hydrogens (primary N) is 1. The van der Waals surface area contributed by atoms with Crippen molar-refractivity contribution in [3.63, 3.8) is 0 Å². The number of aryl methyl sites for hydroxylation is 1. The summed E-state index contributed by atoms with van der Waals surface area (Å²) >= 11 is 0. The Morgan fingerprint density at radius 2 is 2.31 bits per heavy atom. The van der Waals surface area contributed by atoms with Crippen molar-refractivity contribution in [2.24, 2.45) is 12.8 Å². The average Bonchev–Trinajstić information content (AvgIpc) is 2.48. The Balaban J connectivity index is 2.85. The molecule has 0 aromatic carbocycles. The van der Waals surface area contributed by atoms with Gasteiger partial charge in [-0.1, -0.05) is 0 Å². The highest BCUT2D eigenvalue weighted by atomic mass is 16.3. The lowest BCUT2D eigenvalue weighted by atomic mass is 10.1. The van der Waals surface area contributed by atoms with Crippen molar-refractivity contribution in [1.82, 2.24) is 9.55 Å². The highest BCUT2D eigenvalue weighted by Crippen LogP contribution is 2.14. The second-order valence-corrected chi connectivity index (χ2v) is 2.72. The lowest BCUT2D eigenvalue weighted by Gasteiger charge is -2.14. The molecular weight excluding hydrogens is 174 g/mol. The fraction of sp³-hybridized carbons (Fsp3) is 0.429. The second kappa shape index (κ2) is 3.55. The van der Waals surface area contributed by atoms with Gasteiger partial charge in [0.1, 0.15) is 6.10 Å². The third-order valence-corrected chi connectivity index (χ3v) is 1.75. The molecule has 1 aromatic rings. The lowest BCUT2D eigenvalue weighted by Crippen LogP contribution is -2.34. The number of aromatic nitrogens is 2. The maximum absolute atomic E-state index is 10.5. The number of aliphatic hydroxyl groups excluding tert-OH is 2. The van der Waals surface area contributed by atoms with Crippen LogP contribution in [0, 0.1) is 0 Å². The molecule has 4 N–H and O–H groups in total. The van der Waals surface area contributed by atoms with Crippen molar-refractivity contribution in [3.8, 4) is 0 Å². The fourth-order valence-electron chi connectivity index (χ4n) is 0.970. The predicted octanol–water partition coefficient (Wildman–Crippen LogP) is -1.70. The molecule has 0 fully saturated rings. The molecule has 6 nitrogen and oxygen atoms in total. The van der Waals surface area contributed by atoms with Gasteiger partial charge >= 0.3 is 0 Å². The molecule has 72 valence electrons. The number of nitrogens with zero attached hydrogens (tertiary/aromatic N) is 2. The van der Waals surface area contributed by atoms with E-state index in [1.807, 2.05) is 0 Å². The number of rotatable bonds is 3. The third-order valence-electron chi connectivity index (χ3n) is 1.75. The number of aliphatic hydroxyl groups is 2. The van der Waals surface area contributed by atoms with Crippen LogP contribution in [0.1, 0.15) is 11.8 Å². The van der Waals surface area contributed by atoms with Gasteiger partial charge in [0, 0.05) is 7.05 Å². The Morgan fingerprint density at radius 3 is 2.69 bits per heavy atom. The highest BCUT2D eigenvalue weighted by Gasteiger charge is 2.25. The van der Waals surface area contributed by atoms with E-state index < -0.39 is 18.1 Å². The largest absolute Gasteiger partial charge is 0.384 e. The maximum Gasteiger partial charge on any atom is 0.249 e. The van der Waals surface area contributed by atoms with E-state index in [2.05, 4.69) is 4.98 Å². The number of imidazole rings is 1. The Hall–Kier alpha value is -1.40. The van der Waals surface area contributed by atoms with Crippen LogP contribution in [0.15, 0.2) is 12.5 Å². The molecule has 1 aromatic heterocycles. The number of carbonyl (C=O) groups is 1. The summed E-state index contributed by atoms with van der Waals surface area (Å²) in [5.74, 6) is -0.964. The smallest absolute Gasteiger partial charge is 0.249 e. The SMILES string of the molecule is Cn1cncc1C(O)C(O)C(N)=O. The normalized spacial score (nSPS) is 15.3. The first-order valence-electron chi connectivity index (χ1n) is 3.65. The standard InChI is InChI=1S/C7H11N3O3/c1-10-3-9-2-4(10)5(11)6(12)7(8)13/h2-3,5-6,11-12H,1H3,(H2,8,13). The first-order valence-corrected chi connectivity index (χ1v) is 3.65. The number of hydrogen-bond donors (Lipinski definition) is 3. The van der Waals surface area contributed by atoms with Gasteiger partial charge in [-0.15, -0.1) is 0 Å². The number of amides is 1. The number of primary amides is 1. The molecule has 2 atom stereocenters. The highest BCUT2D eigenvalue weighted by molar-refractivity contribution is 5.79. The molecule has 1 rings (SSSR count). The zero-order valence-corrected chi connectivity index (χ0v) is 7.08. The van der Waals surface area contributed by atoms with Crippen molar-refractivity contribution in [2.45, 2.75) is 12.2 Å². The number of hydrogen-bond acceptors (Lipinski definition) is 4.